The van der Waals surface area contributed by atoms with Crippen LogP contribution in [0.15, 0.2) is 39.7 Å². The number of primary amides is 1. The molecule has 0 radical (unpaired) electrons. The van der Waals surface area contributed by atoms with Gasteiger partial charge < -0.3 is 25.5 Å². The van der Waals surface area contributed by atoms with Crippen molar-refractivity contribution in [2.24, 2.45) is 16.6 Å². The highest BCUT2D eigenvalue weighted by Crippen LogP contribution is 2.22. The number of nitrogens with zero attached hydrogens (tertiary/aromatic N) is 1. The van der Waals surface area contributed by atoms with Gasteiger partial charge in [-0.1, -0.05) is 26.0 Å². The summed E-state index contributed by atoms with van der Waals surface area (Å²) in [7, 11) is 0. The van der Waals surface area contributed by atoms with Crippen LogP contribution in [0.5, 0.6) is 5.75 Å². The molecule has 0 aliphatic rings. The van der Waals surface area contributed by atoms with Gasteiger partial charge in [-0.25, -0.2) is 4.99 Å². The average Bonchev–Trinajstić information content (AvgIpc) is 3.18. The van der Waals surface area contributed by atoms with Crippen LogP contribution in [0.25, 0.3) is 0 Å². The summed E-state index contributed by atoms with van der Waals surface area (Å²) in [4.78, 5) is 15.8. The van der Waals surface area contributed by atoms with Crippen molar-refractivity contribution in [2.45, 2.75) is 53.6 Å². The van der Waals surface area contributed by atoms with Gasteiger partial charge in [-0.15, -0.1) is 0 Å². The van der Waals surface area contributed by atoms with Crippen molar-refractivity contribution >= 4 is 11.9 Å². The number of hydrogen-bond acceptors (Lipinski definition) is 4. The third-order valence-corrected chi connectivity index (χ3v) is 4.49. The number of benzene rings is 1. The molecule has 1 heterocycles. The number of ether oxygens (including phenoxy) is 1. The summed E-state index contributed by atoms with van der Waals surface area (Å²) in [6.45, 7) is 10.8. The first kappa shape index (κ1) is 23.3. The topological polar surface area (TPSA) is 102 Å². The van der Waals surface area contributed by atoms with E-state index in [1.54, 1.807) is 12.1 Å². The Morgan fingerprint density at radius 1 is 1.23 bits per heavy atom. The number of aryl methyl sites for hydroxylation is 1. The van der Waals surface area contributed by atoms with Crippen molar-refractivity contribution in [1.29, 1.82) is 0 Å². The van der Waals surface area contributed by atoms with E-state index in [0.29, 0.717) is 37.3 Å². The fraction of sp³-hybridized carbons (Fsp3) is 0.478. The Kier molecular flexibility index (Phi) is 9.25. The van der Waals surface area contributed by atoms with Crippen molar-refractivity contribution in [3.05, 3.63) is 53.0 Å². The Balaban J connectivity index is 2.00. The number of nitrogens with two attached hydrogens (primary N) is 1. The molecule has 0 fully saturated rings. The third-order valence-electron chi connectivity index (χ3n) is 4.49. The summed E-state index contributed by atoms with van der Waals surface area (Å²) < 4.78 is 11.4. The summed E-state index contributed by atoms with van der Waals surface area (Å²) in [5.74, 6) is 2.39. The van der Waals surface area contributed by atoms with E-state index in [1.165, 1.54) is 0 Å². The van der Waals surface area contributed by atoms with Gasteiger partial charge in [-0.05, 0) is 56.4 Å². The summed E-state index contributed by atoms with van der Waals surface area (Å²) in [6, 6.07) is 9.49. The Morgan fingerprint density at radius 3 is 2.70 bits per heavy atom. The lowest BCUT2D eigenvalue weighted by Gasteiger charge is -2.14. The smallest absolute Gasteiger partial charge is 0.284 e. The predicted molar refractivity (Wildman–Crippen MR) is 120 cm³/mol. The fourth-order valence-electron chi connectivity index (χ4n) is 2.88. The number of rotatable bonds is 11. The molecular formula is C23H34N4O3. The minimum absolute atomic E-state index is 0.146. The Hall–Kier alpha value is -2.96. The molecule has 0 bridgehead atoms. The molecule has 2 aromatic rings. The van der Waals surface area contributed by atoms with Gasteiger partial charge in [0.2, 0.25) is 0 Å². The van der Waals surface area contributed by atoms with E-state index in [1.807, 2.05) is 6.92 Å². The predicted octanol–water partition coefficient (Wildman–Crippen LogP) is 3.76. The van der Waals surface area contributed by atoms with Crippen LogP contribution in [0.1, 0.15) is 61.1 Å². The first-order valence-electron chi connectivity index (χ1n) is 10.5. The zero-order valence-corrected chi connectivity index (χ0v) is 18.5. The van der Waals surface area contributed by atoms with Gasteiger partial charge in [0.15, 0.2) is 11.7 Å². The van der Waals surface area contributed by atoms with Gasteiger partial charge in [0.05, 0.1) is 19.7 Å². The highest BCUT2D eigenvalue weighted by Gasteiger charge is 2.09. The quantitative estimate of drug-likeness (QED) is 0.295. The summed E-state index contributed by atoms with van der Waals surface area (Å²) in [5, 5.41) is 6.42. The lowest BCUT2D eigenvalue weighted by atomic mass is 10.1. The van der Waals surface area contributed by atoms with Crippen LogP contribution in [-0.4, -0.2) is 25.0 Å². The van der Waals surface area contributed by atoms with Gasteiger partial charge in [0, 0.05) is 12.1 Å². The van der Waals surface area contributed by atoms with Crippen LogP contribution < -0.4 is 21.1 Å². The molecule has 0 aliphatic carbocycles. The van der Waals surface area contributed by atoms with Gasteiger partial charge in [0.25, 0.3) is 5.91 Å². The zero-order chi connectivity index (χ0) is 21.9. The van der Waals surface area contributed by atoms with Crippen molar-refractivity contribution in [2.75, 3.05) is 13.2 Å². The molecule has 1 aromatic heterocycles. The van der Waals surface area contributed by atoms with Gasteiger partial charge in [-0.2, -0.15) is 0 Å². The molecule has 164 valence electrons. The molecular weight excluding hydrogens is 380 g/mol. The summed E-state index contributed by atoms with van der Waals surface area (Å²) in [5.41, 5.74) is 7.42. The normalized spacial score (nSPS) is 11.6. The minimum atomic E-state index is -0.581. The molecule has 0 atom stereocenters. The monoisotopic (exact) mass is 414 g/mol. The van der Waals surface area contributed by atoms with E-state index in [4.69, 9.17) is 14.9 Å². The molecule has 0 saturated heterocycles. The molecule has 4 N–H and O–H groups in total. The zero-order valence-electron chi connectivity index (χ0n) is 18.5. The van der Waals surface area contributed by atoms with E-state index in [9.17, 15) is 4.79 Å². The number of carbonyl (C=O) groups excluding carboxylic acids is 1. The largest absolute Gasteiger partial charge is 0.493 e. The molecule has 7 heteroatoms. The lowest BCUT2D eigenvalue weighted by Crippen LogP contribution is -2.36. The van der Waals surface area contributed by atoms with Crippen molar-refractivity contribution in [1.82, 2.24) is 10.6 Å². The summed E-state index contributed by atoms with van der Waals surface area (Å²) >= 11 is 0. The minimum Gasteiger partial charge on any atom is -0.493 e. The molecule has 1 aromatic carbocycles. The highest BCUT2D eigenvalue weighted by molar-refractivity contribution is 5.89. The van der Waals surface area contributed by atoms with Crippen molar-refractivity contribution < 1.29 is 13.9 Å². The third kappa shape index (κ3) is 7.81. The van der Waals surface area contributed by atoms with E-state index in [-0.39, 0.29) is 5.76 Å². The molecule has 0 unspecified atom stereocenters. The number of carbonyl (C=O) groups is 1. The van der Waals surface area contributed by atoms with Gasteiger partial charge >= 0.3 is 0 Å². The maximum Gasteiger partial charge on any atom is 0.284 e. The number of aliphatic imine (C=N–C) groups is 1. The van der Waals surface area contributed by atoms with Crippen LogP contribution in [0.2, 0.25) is 0 Å². The average molecular weight is 415 g/mol. The van der Waals surface area contributed by atoms with Crippen LogP contribution >= 0.6 is 0 Å². The number of amides is 1. The maximum absolute atomic E-state index is 11.2. The number of furan rings is 1. The first-order valence-corrected chi connectivity index (χ1v) is 10.5. The second kappa shape index (κ2) is 11.9. The first-order chi connectivity index (χ1) is 14.4. The number of nitrogens with one attached hydrogen (secondary N) is 2. The molecule has 0 spiro atoms. The van der Waals surface area contributed by atoms with E-state index in [2.05, 4.69) is 54.6 Å². The molecule has 2 rings (SSSR count). The molecule has 7 nitrogen and oxygen atoms in total. The summed E-state index contributed by atoms with van der Waals surface area (Å²) in [6.07, 6.45) is 2.19. The second-order valence-electron chi connectivity index (χ2n) is 7.67. The Labute approximate surface area is 179 Å². The molecule has 0 saturated carbocycles. The highest BCUT2D eigenvalue weighted by atomic mass is 16.5. The van der Waals surface area contributed by atoms with E-state index < -0.39 is 5.91 Å². The molecule has 1 amide bonds. The SMILES string of the molecule is CCNC(=NCc1ccc(C)cc1OCCCC(C)C)NCc1ccc(C(N)=O)o1. The lowest BCUT2D eigenvalue weighted by molar-refractivity contribution is 0.0972. The number of hydrogen-bond donors (Lipinski definition) is 3. The van der Waals surface area contributed by atoms with Crippen LogP contribution in [-0.2, 0) is 13.1 Å². The molecule has 30 heavy (non-hydrogen) atoms. The van der Waals surface area contributed by atoms with Gasteiger partial charge in [-0.3, -0.25) is 4.79 Å². The molecule has 0 aliphatic heterocycles. The van der Waals surface area contributed by atoms with Crippen LogP contribution in [0.4, 0.5) is 0 Å². The second-order valence-corrected chi connectivity index (χ2v) is 7.67. The Bertz CT molecular complexity index is 843. The Morgan fingerprint density at radius 2 is 2.03 bits per heavy atom. The number of guanidine groups is 1. The fourth-order valence-corrected chi connectivity index (χ4v) is 2.88. The van der Waals surface area contributed by atoms with Crippen molar-refractivity contribution in [3.63, 3.8) is 0 Å². The van der Waals surface area contributed by atoms with E-state index in [0.717, 1.165) is 36.3 Å². The van der Waals surface area contributed by atoms with E-state index >= 15 is 0 Å². The standard InChI is InChI=1S/C23H34N4O3/c1-5-25-23(27-15-19-10-11-20(30-19)22(24)28)26-14-18-9-8-17(4)13-21(18)29-12-6-7-16(2)3/h8-11,13,16H,5-7,12,14-15H2,1-4H3,(H2,24,28)(H2,25,26,27). The van der Waals surface area contributed by atoms with Crippen LogP contribution in [0.3, 0.4) is 0 Å². The van der Waals surface area contributed by atoms with Crippen molar-refractivity contribution in [3.8, 4) is 5.75 Å². The van der Waals surface area contributed by atoms with Gasteiger partial charge in [0.1, 0.15) is 11.5 Å². The van der Waals surface area contributed by atoms with Crippen LogP contribution in [0, 0.1) is 12.8 Å². The maximum atomic E-state index is 11.2.